The first-order valence-corrected chi connectivity index (χ1v) is 12.7. The van der Waals surface area contributed by atoms with Crippen LogP contribution < -0.4 is 0 Å². The Morgan fingerprint density at radius 3 is 1.31 bits per heavy atom. The number of hydrogen-bond acceptors (Lipinski definition) is 3. The van der Waals surface area contributed by atoms with E-state index in [9.17, 15) is 15.0 Å². The number of aromatic hydroxyl groups is 2. The SMILES string of the molecule is O=C(C(CC1CCCCC1)c1ccc(O)cc1)C(CC1CCCCC1)c1ccc(O)cc1. The number of phenols is 2. The molecule has 0 saturated heterocycles. The van der Waals surface area contributed by atoms with Crippen LogP contribution in [0.2, 0.25) is 0 Å². The third kappa shape index (κ3) is 5.94. The van der Waals surface area contributed by atoms with Crippen LogP contribution in [0.1, 0.15) is 100 Å². The van der Waals surface area contributed by atoms with Gasteiger partial charge in [0.05, 0.1) is 0 Å². The van der Waals surface area contributed by atoms with Crippen LogP contribution in [0.3, 0.4) is 0 Å². The van der Waals surface area contributed by atoms with Gasteiger partial charge in [-0.15, -0.1) is 0 Å². The molecule has 3 heteroatoms. The quantitative estimate of drug-likeness (QED) is 0.453. The van der Waals surface area contributed by atoms with Crippen LogP contribution in [0.5, 0.6) is 11.5 Å². The van der Waals surface area contributed by atoms with E-state index >= 15 is 0 Å². The highest BCUT2D eigenvalue weighted by Gasteiger charge is 2.33. The maximum atomic E-state index is 14.2. The van der Waals surface area contributed by atoms with Crippen molar-refractivity contribution in [2.24, 2.45) is 11.8 Å². The highest BCUT2D eigenvalue weighted by atomic mass is 16.3. The zero-order valence-electron chi connectivity index (χ0n) is 19.2. The molecule has 2 aromatic carbocycles. The molecule has 2 aliphatic rings. The van der Waals surface area contributed by atoms with Crippen LogP contribution in [0, 0.1) is 11.8 Å². The lowest BCUT2D eigenvalue weighted by molar-refractivity contribution is -0.123. The lowest BCUT2D eigenvalue weighted by atomic mass is 9.72. The molecule has 0 bridgehead atoms. The van der Waals surface area contributed by atoms with E-state index in [0.29, 0.717) is 17.6 Å². The van der Waals surface area contributed by atoms with Crippen molar-refractivity contribution in [3.05, 3.63) is 59.7 Å². The summed E-state index contributed by atoms with van der Waals surface area (Å²) in [6, 6.07) is 14.6. The third-order valence-corrected chi connectivity index (χ3v) is 7.87. The second-order valence-corrected chi connectivity index (χ2v) is 10.2. The molecule has 172 valence electrons. The van der Waals surface area contributed by atoms with E-state index in [0.717, 1.165) is 24.0 Å². The maximum absolute atomic E-state index is 14.2. The van der Waals surface area contributed by atoms with Crippen LogP contribution >= 0.6 is 0 Å². The summed E-state index contributed by atoms with van der Waals surface area (Å²) in [5.74, 6) is 1.73. The first kappa shape index (κ1) is 22.9. The first-order chi connectivity index (χ1) is 15.6. The summed E-state index contributed by atoms with van der Waals surface area (Å²) in [6.45, 7) is 0. The standard InChI is InChI=1S/C29H38O3/c30-25-15-11-23(12-16-25)27(19-21-7-3-1-4-8-21)29(32)28(20-22-9-5-2-6-10-22)24-13-17-26(31)18-14-24/h11-18,21-22,27-28,30-31H,1-10,19-20H2. The number of benzene rings is 2. The Hall–Kier alpha value is -2.29. The van der Waals surface area contributed by atoms with Gasteiger partial charge >= 0.3 is 0 Å². The van der Waals surface area contributed by atoms with Gasteiger partial charge < -0.3 is 10.2 Å². The maximum Gasteiger partial charge on any atom is 0.147 e. The number of carbonyl (C=O) groups excluding carboxylic acids is 1. The second kappa shape index (κ2) is 11.0. The summed E-state index contributed by atoms with van der Waals surface area (Å²) in [4.78, 5) is 14.2. The van der Waals surface area contributed by atoms with E-state index in [-0.39, 0.29) is 23.3 Å². The predicted octanol–water partition coefficient (Wildman–Crippen LogP) is 7.48. The average molecular weight is 435 g/mol. The molecule has 0 heterocycles. The van der Waals surface area contributed by atoms with E-state index in [1.54, 1.807) is 24.3 Å². The molecule has 0 amide bonds. The van der Waals surface area contributed by atoms with Gasteiger partial charge in [-0.2, -0.15) is 0 Å². The third-order valence-electron chi connectivity index (χ3n) is 7.87. The number of Topliss-reactive ketones (excluding diaryl/α,β-unsaturated/α-hetero) is 1. The Morgan fingerprint density at radius 1 is 0.625 bits per heavy atom. The predicted molar refractivity (Wildman–Crippen MR) is 129 cm³/mol. The zero-order valence-corrected chi connectivity index (χ0v) is 19.2. The lowest BCUT2D eigenvalue weighted by Crippen LogP contribution is -2.26. The number of carbonyl (C=O) groups is 1. The molecule has 3 nitrogen and oxygen atoms in total. The molecule has 0 aromatic heterocycles. The molecular weight excluding hydrogens is 396 g/mol. The fourth-order valence-corrected chi connectivity index (χ4v) is 6.00. The number of phenolic OH excluding ortho intramolecular Hbond substituents is 2. The van der Waals surface area contributed by atoms with Crippen molar-refractivity contribution >= 4 is 5.78 Å². The Balaban J connectivity index is 1.63. The molecule has 0 radical (unpaired) electrons. The first-order valence-electron chi connectivity index (χ1n) is 12.7. The minimum absolute atomic E-state index is 0.138. The van der Waals surface area contributed by atoms with Crippen LogP contribution in [-0.2, 0) is 4.79 Å². The fourth-order valence-electron chi connectivity index (χ4n) is 6.00. The van der Waals surface area contributed by atoms with Gasteiger partial charge in [-0.1, -0.05) is 88.5 Å². The van der Waals surface area contributed by atoms with Crippen molar-refractivity contribution in [1.29, 1.82) is 0 Å². The van der Waals surface area contributed by atoms with Crippen molar-refractivity contribution in [3.63, 3.8) is 0 Å². The van der Waals surface area contributed by atoms with Crippen LogP contribution in [0.4, 0.5) is 0 Å². The van der Waals surface area contributed by atoms with Crippen molar-refractivity contribution in [2.75, 3.05) is 0 Å². The molecule has 32 heavy (non-hydrogen) atoms. The summed E-state index contributed by atoms with van der Waals surface area (Å²) < 4.78 is 0. The number of rotatable bonds is 8. The zero-order chi connectivity index (χ0) is 22.3. The molecule has 2 fully saturated rings. The van der Waals surface area contributed by atoms with Crippen LogP contribution in [0.25, 0.3) is 0 Å². The van der Waals surface area contributed by atoms with Crippen molar-refractivity contribution < 1.29 is 15.0 Å². The molecule has 2 N–H and O–H groups in total. The van der Waals surface area contributed by atoms with Gasteiger partial charge in [0.1, 0.15) is 17.3 Å². The van der Waals surface area contributed by atoms with Gasteiger partial charge in [-0.25, -0.2) is 0 Å². The Kier molecular flexibility index (Phi) is 7.89. The van der Waals surface area contributed by atoms with Gasteiger partial charge in [0.15, 0.2) is 0 Å². The van der Waals surface area contributed by atoms with E-state index in [4.69, 9.17) is 0 Å². The van der Waals surface area contributed by atoms with E-state index in [1.807, 2.05) is 24.3 Å². The van der Waals surface area contributed by atoms with Gasteiger partial charge in [0.25, 0.3) is 0 Å². The monoisotopic (exact) mass is 434 g/mol. The highest BCUT2D eigenvalue weighted by molar-refractivity contribution is 5.92. The molecule has 2 atom stereocenters. The van der Waals surface area contributed by atoms with Crippen molar-refractivity contribution in [1.82, 2.24) is 0 Å². The van der Waals surface area contributed by atoms with E-state index in [1.165, 1.54) is 64.2 Å². The van der Waals surface area contributed by atoms with Crippen molar-refractivity contribution in [2.45, 2.75) is 88.9 Å². The Bertz CT molecular complexity index is 771. The summed E-state index contributed by atoms with van der Waals surface area (Å²) in [7, 11) is 0. The molecule has 4 rings (SSSR count). The van der Waals surface area contributed by atoms with E-state index in [2.05, 4.69) is 0 Å². The minimum Gasteiger partial charge on any atom is -0.508 e. The normalized spacial score (nSPS) is 20.0. The molecule has 2 saturated carbocycles. The largest absolute Gasteiger partial charge is 0.508 e. The average Bonchev–Trinajstić information content (AvgIpc) is 2.83. The number of ketones is 1. The molecule has 2 aromatic rings. The molecule has 0 spiro atoms. The molecule has 0 aliphatic heterocycles. The van der Waals surface area contributed by atoms with Crippen LogP contribution in [0.15, 0.2) is 48.5 Å². The van der Waals surface area contributed by atoms with Gasteiger partial charge in [0.2, 0.25) is 0 Å². The number of hydrogen-bond donors (Lipinski definition) is 2. The van der Waals surface area contributed by atoms with Gasteiger partial charge in [0, 0.05) is 11.8 Å². The Morgan fingerprint density at radius 2 is 0.969 bits per heavy atom. The summed E-state index contributed by atoms with van der Waals surface area (Å²) in [5.41, 5.74) is 2.07. The lowest BCUT2D eigenvalue weighted by Gasteiger charge is -2.31. The second-order valence-electron chi connectivity index (χ2n) is 10.2. The van der Waals surface area contributed by atoms with Crippen LogP contribution in [-0.4, -0.2) is 16.0 Å². The minimum atomic E-state index is -0.138. The summed E-state index contributed by atoms with van der Waals surface area (Å²) >= 11 is 0. The smallest absolute Gasteiger partial charge is 0.147 e. The molecular formula is C29H38O3. The molecule has 2 unspecified atom stereocenters. The fraction of sp³-hybridized carbons (Fsp3) is 0.552. The Labute approximate surface area is 192 Å². The van der Waals surface area contributed by atoms with E-state index < -0.39 is 0 Å². The summed E-state index contributed by atoms with van der Waals surface area (Å²) in [5, 5.41) is 19.6. The highest BCUT2D eigenvalue weighted by Crippen LogP contribution is 2.41. The van der Waals surface area contributed by atoms with Gasteiger partial charge in [-0.3, -0.25) is 4.79 Å². The molecule has 2 aliphatic carbocycles. The van der Waals surface area contributed by atoms with Crippen molar-refractivity contribution in [3.8, 4) is 11.5 Å². The summed E-state index contributed by atoms with van der Waals surface area (Å²) in [6.07, 6.45) is 14.4. The topological polar surface area (TPSA) is 57.5 Å². The van der Waals surface area contributed by atoms with Gasteiger partial charge in [-0.05, 0) is 60.1 Å².